The second kappa shape index (κ2) is 3.24. The standard InChI is InChI=1S/C5H5.C2H5.CH3.Mn/c1-2-4-5-3-1;1-2;;/h1-3H,4H2;1H2,2H3;1H3;. The molecule has 0 aromatic heterocycles. The Bertz CT molecular complexity index is 145. The van der Waals surface area contributed by atoms with Crippen molar-refractivity contribution in [3.8, 4) is 0 Å². The molecule has 0 unspecified atom stereocenters. The summed E-state index contributed by atoms with van der Waals surface area (Å²) in [6, 6.07) is 0. The minimum atomic E-state index is -0.128. The maximum atomic E-state index is 2.39. The number of rotatable bonds is 2. The van der Waals surface area contributed by atoms with Crippen molar-refractivity contribution in [2.75, 3.05) is 0 Å². The molecular weight excluding hydrogens is 151 g/mol. The van der Waals surface area contributed by atoms with E-state index in [9.17, 15) is 0 Å². The van der Waals surface area contributed by atoms with Crippen LogP contribution in [0.15, 0.2) is 22.7 Å². The van der Waals surface area contributed by atoms with Gasteiger partial charge in [0.15, 0.2) is 0 Å². The van der Waals surface area contributed by atoms with E-state index in [1.54, 1.807) is 4.47 Å². The van der Waals surface area contributed by atoms with Gasteiger partial charge >= 0.3 is 61.1 Å². The summed E-state index contributed by atoms with van der Waals surface area (Å²) in [5.41, 5.74) is 0. The molecule has 1 rings (SSSR count). The first-order valence-corrected chi connectivity index (χ1v) is 5.86. The summed E-state index contributed by atoms with van der Waals surface area (Å²) in [5, 5.41) is 1.38. The fourth-order valence-electron chi connectivity index (χ4n) is 0.832. The van der Waals surface area contributed by atoms with Crippen LogP contribution in [-0.4, -0.2) is 0 Å². The Kier molecular flexibility index (Phi) is 2.56. The second-order valence-corrected chi connectivity index (χ2v) is 5.54. The Hall–Kier alpha value is -0.000519. The molecule has 1 aliphatic carbocycles. The zero-order valence-electron chi connectivity index (χ0n) is 6.02. The third kappa shape index (κ3) is 1.70. The summed E-state index contributed by atoms with van der Waals surface area (Å²) < 4.78 is 1.70. The Morgan fingerprint density at radius 1 is 1.67 bits per heavy atom. The van der Waals surface area contributed by atoms with E-state index in [0.29, 0.717) is 0 Å². The molecule has 0 radical (unpaired) electrons. The van der Waals surface area contributed by atoms with E-state index in [1.165, 1.54) is 11.7 Å². The third-order valence-corrected chi connectivity index (χ3v) is 4.53. The molecule has 0 spiro atoms. The van der Waals surface area contributed by atoms with Gasteiger partial charge in [-0.15, -0.1) is 0 Å². The van der Waals surface area contributed by atoms with Crippen LogP contribution in [0.4, 0.5) is 0 Å². The first-order chi connectivity index (χ1) is 4.34. The molecule has 0 aromatic carbocycles. The molecule has 0 fully saturated rings. The van der Waals surface area contributed by atoms with Crippen LogP contribution >= 0.6 is 0 Å². The zero-order valence-corrected chi connectivity index (χ0v) is 7.20. The Morgan fingerprint density at radius 3 is 2.89 bits per heavy atom. The molecule has 0 nitrogen and oxygen atoms in total. The molecule has 1 heteroatoms. The SMILES string of the molecule is C[CH2][Mn]([CH3])[C]1=CC=CC1. The van der Waals surface area contributed by atoms with Crippen molar-refractivity contribution in [2.24, 2.45) is 0 Å². The third-order valence-electron chi connectivity index (χ3n) is 1.54. The first-order valence-electron chi connectivity index (χ1n) is 3.26. The van der Waals surface area contributed by atoms with Crippen molar-refractivity contribution in [3.63, 3.8) is 0 Å². The summed E-state index contributed by atoms with van der Waals surface area (Å²) in [5.74, 6) is 2.39. The maximum absolute atomic E-state index is 2.39. The van der Waals surface area contributed by atoms with Gasteiger partial charge < -0.3 is 0 Å². The van der Waals surface area contributed by atoms with Crippen molar-refractivity contribution in [1.29, 1.82) is 0 Å². The molecule has 0 aromatic rings. The quantitative estimate of drug-likeness (QED) is 0.550. The van der Waals surface area contributed by atoms with Crippen LogP contribution in [0.1, 0.15) is 13.3 Å². The van der Waals surface area contributed by atoms with Crippen LogP contribution in [0.2, 0.25) is 11.1 Å². The van der Waals surface area contributed by atoms with Gasteiger partial charge in [0.1, 0.15) is 0 Å². The van der Waals surface area contributed by atoms with E-state index in [4.69, 9.17) is 0 Å². The summed E-state index contributed by atoms with van der Waals surface area (Å²) in [7, 11) is 0. The predicted octanol–water partition coefficient (Wildman–Crippen LogP) is 2.93. The zero-order chi connectivity index (χ0) is 6.69. The summed E-state index contributed by atoms with van der Waals surface area (Å²) in [6.45, 7) is 2.29. The van der Waals surface area contributed by atoms with Gasteiger partial charge in [-0.2, -0.15) is 0 Å². The summed E-state index contributed by atoms with van der Waals surface area (Å²) >= 11 is -0.128. The molecular formula is C8H13Mn. The van der Waals surface area contributed by atoms with Gasteiger partial charge in [0, 0.05) is 0 Å². The number of allylic oxidation sites excluding steroid dienone is 4. The molecule has 9 heavy (non-hydrogen) atoms. The average molecular weight is 164 g/mol. The molecule has 0 atom stereocenters. The van der Waals surface area contributed by atoms with E-state index in [1.807, 2.05) is 0 Å². The van der Waals surface area contributed by atoms with Crippen LogP contribution in [-0.2, 0) is 13.9 Å². The van der Waals surface area contributed by atoms with Crippen LogP contribution in [0.25, 0.3) is 0 Å². The molecule has 0 N–H and O–H groups in total. The van der Waals surface area contributed by atoms with E-state index in [2.05, 4.69) is 31.0 Å². The normalized spacial score (nSPS) is 18.0. The molecule has 0 saturated heterocycles. The molecule has 0 bridgehead atoms. The fourth-order valence-corrected chi connectivity index (χ4v) is 2.37. The van der Waals surface area contributed by atoms with Gasteiger partial charge in [0.2, 0.25) is 0 Å². The average Bonchev–Trinajstić information content (AvgIpc) is 2.37. The van der Waals surface area contributed by atoms with Gasteiger partial charge in [-0.05, 0) is 0 Å². The minimum absolute atomic E-state index is 0.128. The molecule has 0 amide bonds. The molecule has 52 valence electrons. The van der Waals surface area contributed by atoms with Gasteiger partial charge in [-0.3, -0.25) is 0 Å². The van der Waals surface area contributed by atoms with Gasteiger partial charge in [-0.25, -0.2) is 0 Å². The Labute approximate surface area is 61.5 Å². The van der Waals surface area contributed by atoms with Crippen LogP contribution < -0.4 is 0 Å². The van der Waals surface area contributed by atoms with Crippen molar-refractivity contribution in [3.05, 3.63) is 22.7 Å². The van der Waals surface area contributed by atoms with Gasteiger partial charge in [0.25, 0.3) is 0 Å². The van der Waals surface area contributed by atoms with Crippen LogP contribution in [0, 0.1) is 0 Å². The van der Waals surface area contributed by atoms with E-state index < -0.39 is 0 Å². The van der Waals surface area contributed by atoms with Crippen molar-refractivity contribution in [1.82, 2.24) is 0 Å². The summed E-state index contributed by atoms with van der Waals surface area (Å²) in [4.78, 5) is 0. The van der Waals surface area contributed by atoms with Crippen LogP contribution in [0.5, 0.6) is 0 Å². The molecule has 0 saturated carbocycles. The number of hydrogen-bond donors (Lipinski definition) is 0. The van der Waals surface area contributed by atoms with Crippen molar-refractivity contribution >= 4 is 0 Å². The van der Waals surface area contributed by atoms with Crippen molar-refractivity contribution < 1.29 is 13.9 Å². The Balaban J connectivity index is 2.45. The monoisotopic (exact) mass is 164 g/mol. The molecule has 0 aliphatic heterocycles. The molecule has 1 aliphatic rings. The topological polar surface area (TPSA) is 0 Å². The van der Waals surface area contributed by atoms with Crippen molar-refractivity contribution in [2.45, 2.75) is 24.5 Å². The van der Waals surface area contributed by atoms with E-state index in [-0.39, 0.29) is 13.9 Å². The van der Waals surface area contributed by atoms with E-state index in [0.717, 1.165) is 0 Å². The second-order valence-electron chi connectivity index (χ2n) is 2.10. The van der Waals surface area contributed by atoms with Gasteiger partial charge in [0.05, 0.1) is 0 Å². The number of hydrogen-bond acceptors (Lipinski definition) is 0. The first kappa shape index (κ1) is 7.11. The molecule has 0 heterocycles. The predicted molar refractivity (Wildman–Crippen MR) is 38.2 cm³/mol. The van der Waals surface area contributed by atoms with Gasteiger partial charge in [-0.1, -0.05) is 0 Å². The Morgan fingerprint density at radius 2 is 2.44 bits per heavy atom. The van der Waals surface area contributed by atoms with Crippen LogP contribution in [0.3, 0.4) is 0 Å². The van der Waals surface area contributed by atoms with E-state index >= 15 is 0 Å². The summed E-state index contributed by atoms with van der Waals surface area (Å²) in [6.07, 6.45) is 7.96. The fraction of sp³-hybridized carbons (Fsp3) is 0.500.